The van der Waals surface area contributed by atoms with Crippen molar-refractivity contribution in [1.29, 1.82) is 0 Å². The molecule has 2 aromatic carbocycles. The SMILES string of the molecule is COc1cccc(/C=C2\SC(Nc3ccccc3)N([C@@H]3CCCC[C@H]3C)C2=O)c1O. The van der Waals surface area contributed by atoms with Crippen molar-refractivity contribution < 1.29 is 14.6 Å². The van der Waals surface area contributed by atoms with Gasteiger partial charge in [-0.2, -0.15) is 0 Å². The van der Waals surface area contributed by atoms with Crippen LogP contribution >= 0.6 is 11.8 Å². The van der Waals surface area contributed by atoms with Gasteiger partial charge >= 0.3 is 0 Å². The van der Waals surface area contributed by atoms with E-state index in [2.05, 4.69) is 12.2 Å². The Kier molecular flexibility index (Phi) is 6.23. The van der Waals surface area contributed by atoms with E-state index < -0.39 is 0 Å². The number of amides is 1. The van der Waals surface area contributed by atoms with Gasteiger partial charge in [-0.15, -0.1) is 0 Å². The monoisotopic (exact) mass is 424 g/mol. The lowest BCUT2D eigenvalue weighted by Crippen LogP contribution is -2.48. The number of benzene rings is 2. The summed E-state index contributed by atoms with van der Waals surface area (Å²) in [7, 11) is 1.52. The second kappa shape index (κ2) is 9.04. The highest BCUT2D eigenvalue weighted by atomic mass is 32.2. The zero-order valence-electron chi connectivity index (χ0n) is 17.4. The highest BCUT2D eigenvalue weighted by Crippen LogP contribution is 2.43. The smallest absolute Gasteiger partial charge is 0.262 e. The third-order valence-corrected chi connectivity index (χ3v) is 7.08. The van der Waals surface area contributed by atoms with Gasteiger partial charge in [0.15, 0.2) is 17.0 Å². The number of phenols is 1. The van der Waals surface area contributed by atoms with Crippen LogP contribution in [0.25, 0.3) is 6.08 Å². The standard InChI is InChI=1S/C24H28N2O3S/c1-16-9-6-7-13-19(16)26-23(28)21(15-17-10-8-14-20(29-2)22(17)27)30-24(26)25-18-11-4-3-5-12-18/h3-5,8,10-12,14-16,19,24-25,27H,6-7,9,13H2,1-2H3/b21-15-/t16-,19-,24?/m1/s1. The quantitative estimate of drug-likeness (QED) is 0.639. The number of anilines is 1. The van der Waals surface area contributed by atoms with Gasteiger partial charge in [0, 0.05) is 17.3 Å². The number of nitrogens with one attached hydrogen (secondary N) is 1. The zero-order valence-corrected chi connectivity index (χ0v) is 18.2. The van der Waals surface area contributed by atoms with Crippen LogP contribution < -0.4 is 10.1 Å². The van der Waals surface area contributed by atoms with Crippen LogP contribution in [0.1, 0.15) is 38.2 Å². The fourth-order valence-electron chi connectivity index (χ4n) is 4.33. The highest BCUT2D eigenvalue weighted by Gasteiger charge is 2.43. The molecular weight excluding hydrogens is 396 g/mol. The fraction of sp³-hybridized carbons (Fsp3) is 0.375. The number of thioether (sulfide) groups is 1. The molecule has 1 saturated carbocycles. The molecule has 0 radical (unpaired) electrons. The summed E-state index contributed by atoms with van der Waals surface area (Å²) in [5.74, 6) is 0.941. The molecule has 0 spiro atoms. The molecule has 2 aliphatic rings. The van der Waals surface area contributed by atoms with Crippen molar-refractivity contribution in [2.75, 3.05) is 12.4 Å². The van der Waals surface area contributed by atoms with Crippen molar-refractivity contribution in [2.24, 2.45) is 5.92 Å². The van der Waals surface area contributed by atoms with Gasteiger partial charge in [-0.05, 0) is 43.0 Å². The number of rotatable bonds is 5. The number of carbonyl (C=O) groups is 1. The van der Waals surface area contributed by atoms with Crippen LogP contribution in [0.5, 0.6) is 11.5 Å². The average Bonchev–Trinajstić information content (AvgIpc) is 3.05. The number of nitrogens with zero attached hydrogens (tertiary/aromatic N) is 1. The molecule has 0 aromatic heterocycles. The van der Waals surface area contributed by atoms with Crippen LogP contribution in [-0.2, 0) is 4.79 Å². The summed E-state index contributed by atoms with van der Waals surface area (Å²) in [5, 5.41) is 14.0. The van der Waals surface area contributed by atoms with Crippen LogP contribution in [0.3, 0.4) is 0 Å². The minimum atomic E-state index is -0.176. The first-order valence-corrected chi connectivity index (χ1v) is 11.3. The minimum absolute atomic E-state index is 0.0226. The van der Waals surface area contributed by atoms with Gasteiger partial charge in [0.05, 0.1) is 12.0 Å². The number of hydrogen-bond acceptors (Lipinski definition) is 5. The first kappa shape index (κ1) is 20.7. The number of aromatic hydroxyl groups is 1. The van der Waals surface area contributed by atoms with Gasteiger partial charge < -0.3 is 20.1 Å². The largest absolute Gasteiger partial charge is 0.504 e. The Balaban J connectivity index is 1.67. The van der Waals surface area contributed by atoms with E-state index in [-0.39, 0.29) is 23.2 Å². The first-order valence-electron chi connectivity index (χ1n) is 10.5. The second-order valence-corrected chi connectivity index (χ2v) is 9.05. The molecule has 1 amide bonds. The van der Waals surface area contributed by atoms with Crippen molar-refractivity contribution in [1.82, 2.24) is 4.90 Å². The fourth-order valence-corrected chi connectivity index (χ4v) is 5.53. The third-order valence-electron chi connectivity index (χ3n) is 5.96. The van der Waals surface area contributed by atoms with E-state index in [0.29, 0.717) is 22.1 Å². The van der Waals surface area contributed by atoms with Gasteiger partial charge in [0.2, 0.25) is 0 Å². The van der Waals surface area contributed by atoms with E-state index in [1.165, 1.54) is 25.3 Å². The van der Waals surface area contributed by atoms with Crippen LogP contribution in [-0.4, -0.2) is 34.6 Å². The minimum Gasteiger partial charge on any atom is -0.504 e. The molecule has 1 saturated heterocycles. The first-order chi connectivity index (χ1) is 14.6. The van der Waals surface area contributed by atoms with E-state index in [0.717, 1.165) is 24.9 Å². The number of hydrogen-bond donors (Lipinski definition) is 2. The highest BCUT2D eigenvalue weighted by molar-refractivity contribution is 8.05. The molecule has 4 rings (SSSR count). The van der Waals surface area contributed by atoms with Gasteiger partial charge in [-0.3, -0.25) is 4.79 Å². The van der Waals surface area contributed by atoms with Gasteiger partial charge in [0.1, 0.15) is 0 Å². The Morgan fingerprint density at radius 1 is 1.13 bits per heavy atom. The Bertz CT molecular complexity index is 931. The van der Waals surface area contributed by atoms with Gasteiger partial charge in [0.25, 0.3) is 5.91 Å². The van der Waals surface area contributed by atoms with E-state index >= 15 is 0 Å². The number of para-hydroxylation sites is 2. The molecule has 1 unspecified atom stereocenters. The molecular formula is C24H28N2O3S. The number of methoxy groups -OCH3 is 1. The number of carbonyl (C=O) groups excluding carboxylic acids is 1. The zero-order chi connectivity index (χ0) is 21.1. The van der Waals surface area contributed by atoms with Crippen LogP contribution in [0.15, 0.2) is 53.4 Å². The van der Waals surface area contributed by atoms with Crippen LogP contribution in [0.2, 0.25) is 0 Å². The average molecular weight is 425 g/mol. The van der Waals surface area contributed by atoms with Crippen molar-refractivity contribution in [3.8, 4) is 11.5 Å². The van der Waals surface area contributed by atoms with Crippen molar-refractivity contribution in [3.05, 3.63) is 59.0 Å². The predicted octanol–water partition coefficient (Wildman–Crippen LogP) is 5.29. The molecule has 5 nitrogen and oxygen atoms in total. The Morgan fingerprint density at radius 3 is 2.63 bits per heavy atom. The number of ether oxygens (including phenoxy) is 1. The maximum absolute atomic E-state index is 13.5. The molecule has 1 aliphatic carbocycles. The summed E-state index contributed by atoms with van der Waals surface area (Å²) in [6.07, 6.45) is 6.32. The Morgan fingerprint density at radius 2 is 1.90 bits per heavy atom. The predicted molar refractivity (Wildman–Crippen MR) is 122 cm³/mol. The van der Waals surface area contributed by atoms with Crippen molar-refractivity contribution >= 4 is 29.4 Å². The Labute approximate surface area is 182 Å². The van der Waals surface area contributed by atoms with Crippen LogP contribution in [0, 0.1) is 5.92 Å². The maximum Gasteiger partial charge on any atom is 0.262 e. The van der Waals surface area contributed by atoms with E-state index in [1.54, 1.807) is 18.2 Å². The molecule has 1 heterocycles. The third kappa shape index (κ3) is 4.15. The van der Waals surface area contributed by atoms with Gasteiger partial charge in [-0.25, -0.2) is 0 Å². The molecule has 2 N–H and O–H groups in total. The summed E-state index contributed by atoms with van der Waals surface area (Å²) in [5.41, 5.74) is 1.40. The molecule has 158 valence electrons. The lowest BCUT2D eigenvalue weighted by atomic mass is 9.85. The van der Waals surface area contributed by atoms with Gasteiger partial charge in [-0.1, -0.05) is 61.9 Å². The lowest BCUT2D eigenvalue weighted by Gasteiger charge is -2.39. The molecule has 30 heavy (non-hydrogen) atoms. The molecule has 2 aromatic rings. The summed E-state index contributed by atoms with van der Waals surface area (Å²) >= 11 is 1.51. The topological polar surface area (TPSA) is 61.8 Å². The normalized spacial score (nSPS) is 25.5. The number of phenolic OH excluding ortho intramolecular Hbond substituents is 1. The molecule has 3 atom stereocenters. The Hall–Kier alpha value is -2.60. The van der Waals surface area contributed by atoms with Crippen LogP contribution in [0.4, 0.5) is 5.69 Å². The second-order valence-electron chi connectivity index (χ2n) is 7.93. The van der Waals surface area contributed by atoms with E-state index in [1.807, 2.05) is 41.3 Å². The maximum atomic E-state index is 13.5. The van der Waals surface area contributed by atoms with E-state index in [4.69, 9.17) is 4.74 Å². The van der Waals surface area contributed by atoms with E-state index in [9.17, 15) is 9.90 Å². The molecule has 1 aliphatic heterocycles. The summed E-state index contributed by atoms with van der Waals surface area (Å²) in [6, 6.07) is 15.5. The summed E-state index contributed by atoms with van der Waals surface area (Å²) < 4.78 is 5.21. The summed E-state index contributed by atoms with van der Waals surface area (Å²) in [6.45, 7) is 2.25. The van der Waals surface area contributed by atoms with Crippen molar-refractivity contribution in [2.45, 2.75) is 44.1 Å². The molecule has 6 heteroatoms. The summed E-state index contributed by atoms with van der Waals surface area (Å²) in [4.78, 5) is 16.2. The molecule has 0 bridgehead atoms. The lowest BCUT2D eigenvalue weighted by molar-refractivity contribution is -0.129. The molecule has 2 fully saturated rings. The van der Waals surface area contributed by atoms with Crippen molar-refractivity contribution in [3.63, 3.8) is 0 Å².